The third kappa shape index (κ3) is 5.12. The number of nitrogens with zero attached hydrogens (tertiary/aromatic N) is 1. The zero-order chi connectivity index (χ0) is 40.0. The molecule has 1 aliphatic rings. The lowest BCUT2D eigenvalue weighted by Crippen LogP contribution is -2.25. The molecular formula is C59H41N. The van der Waals surface area contributed by atoms with Crippen LogP contribution in [0.4, 0.5) is 17.1 Å². The van der Waals surface area contributed by atoms with E-state index in [0.717, 1.165) is 11.4 Å². The molecule has 1 heteroatoms. The summed E-state index contributed by atoms with van der Waals surface area (Å²) in [6.07, 6.45) is 0. The largest absolute Gasteiger partial charge is 0.310 e. The lowest BCUT2D eigenvalue weighted by molar-refractivity contribution is 0.647. The first-order valence-electron chi connectivity index (χ1n) is 21.0. The van der Waals surface area contributed by atoms with Gasteiger partial charge in [0.2, 0.25) is 0 Å². The van der Waals surface area contributed by atoms with Gasteiger partial charge in [0.25, 0.3) is 0 Å². The summed E-state index contributed by atoms with van der Waals surface area (Å²) in [5, 5.41) is 12.7. The van der Waals surface area contributed by atoms with Crippen molar-refractivity contribution in [2.45, 2.75) is 19.3 Å². The van der Waals surface area contributed by atoms with E-state index in [9.17, 15) is 0 Å². The van der Waals surface area contributed by atoms with Crippen LogP contribution in [-0.2, 0) is 5.41 Å². The van der Waals surface area contributed by atoms with Gasteiger partial charge in [0, 0.05) is 22.4 Å². The molecular weight excluding hydrogens is 723 g/mol. The van der Waals surface area contributed by atoms with Crippen molar-refractivity contribution in [3.63, 3.8) is 0 Å². The highest BCUT2D eigenvalue weighted by Gasteiger charge is 2.38. The number of fused-ring (bicyclic) bond motifs is 9. The maximum Gasteiger partial charge on any atom is 0.0546 e. The Kier molecular flexibility index (Phi) is 7.65. The highest BCUT2D eigenvalue weighted by Crippen LogP contribution is 2.56. The molecule has 0 bridgehead atoms. The molecule has 11 aromatic carbocycles. The highest BCUT2D eigenvalue weighted by molar-refractivity contribution is 6.26. The zero-order valence-corrected chi connectivity index (χ0v) is 33.7. The van der Waals surface area contributed by atoms with Crippen LogP contribution in [0.3, 0.4) is 0 Å². The van der Waals surface area contributed by atoms with Gasteiger partial charge in [-0.05, 0) is 123 Å². The lowest BCUT2D eigenvalue weighted by Gasteiger charge is -2.39. The minimum atomic E-state index is -0.265. The molecule has 0 aromatic heterocycles. The Labute approximate surface area is 350 Å². The quantitative estimate of drug-likeness (QED) is 0.158. The maximum absolute atomic E-state index is 2.51. The van der Waals surface area contributed by atoms with E-state index in [4.69, 9.17) is 0 Å². The van der Waals surface area contributed by atoms with Crippen LogP contribution >= 0.6 is 0 Å². The molecule has 1 nitrogen and oxygen atoms in total. The summed E-state index contributed by atoms with van der Waals surface area (Å²) in [6, 6.07) is 78.8. The van der Waals surface area contributed by atoms with Gasteiger partial charge in [-0.3, -0.25) is 0 Å². The first-order chi connectivity index (χ1) is 29.5. The Bertz CT molecular complexity index is 3460. The van der Waals surface area contributed by atoms with Gasteiger partial charge in [-0.15, -0.1) is 0 Å². The molecule has 1 aliphatic carbocycles. The van der Waals surface area contributed by atoms with Crippen molar-refractivity contribution in [3.8, 4) is 33.4 Å². The van der Waals surface area contributed by atoms with Crippen LogP contribution in [0.5, 0.6) is 0 Å². The molecule has 11 aromatic rings. The van der Waals surface area contributed by atoms with Crippen molar-refractivity contribution < 1.29 is 0 Å². The molecule has 0 radical (unpaired) electrons. The molecule has 0 heterocycles. The second-order valence-corrected chi connectivity index (χ2v) is 16.8. The van der Waals surface area contributed by atoms with Crippen LogP contribution in [0.1, 0.15) is 25.0 Å². The average Bonchev–Trinajstić information content (AvgIpc) is 3.31. The third-order valence-corrected chi connectivity index (χ3v) is 13.2. The Morgan fingerprint density at radius 3 is 1.63 bits per heavy atom. The van der Waals surface area contributed by atoms with Crippen LogP contribution in [0.25, 0.3) is 87.2 Å². The molecule has 0 atom stereocenters. The number of hydrogen-bond donors (Lipinski definition) is 0. The topological polar surface area (TPSA) is 3.24 Å². The van der Waals surface area contributed by atoms with Crippen molar-refractivity contribution in [1.29, 1.82) is 0 Å². The highest BCUT2D eigenvalue weighted by atomic mass is 15.1. The predicted molar refractivity (Wildman–Crippen MR) is 257 cm³/mol. The van der Waals surface area contributed by atoms with Crippen LogP contribution in [0.15, 0.2) is 212 Å². The second-order valence-electron chi connectivity index (χ2n) is 16.8. The minimum absolute atomic E-state index is 0.265. The Hall–Kier alpha value is -7.48. The Morgan fingerprint density at radius 1 is 0.350 bits per heavy atom. The van der Waals surface area contributed by atoms with Crippen molar-refractivity contribution in [3.05, 3.63) is 223 Å². The molecule has 0 aliphatic heterocycles. The first-order valence-corrected chi connectivity index (χ1v) is 21.0. The standard InChI is InChI=1S/C59H41N/c1-59(2)54-28-13-19-41-31-36-55(57(56(41)54)52-27-14-26-51(58(52)59)45-25-12-18-40-17-6-7-20-44(40)45)60(42-32-29-39(30-33-42)38-15-4-3-5-16-38)43-34-35-50-48-23-9-8-21-46(48)47-22-10-11-24-49(47)53(50)37-43/h3-37H,1-2H3. The van der Waals surface area contributed by atoms with Crippen molar-refractivity contribution in [2.24, 2.45) is 0 Å². The number of benzene rings is 11. The molecule has 282 valence electrons. The van der Waals surface area contributed by atoms with Gasteiger partial charge in [0.1, 0.15) is 0 Å². The molecule has 0 unspecified atom stereocenters. The normalized spacial score (nSPS) is 13.0. The van der Waals surface area contributed by atoms with E-state index in [0.29, 0.717) is 0 Å². The van der Waals surface area contributed by atoms with Gasteiger partial charge >= 0.3 is 0 Å². The van der Waals surface area contributed by atoms with Crippen LogP contribution in [-0.4, -0.2) is 0 Å². The minimum Gasteiger partial charge on any atom is -0.310 e. The second kappa shape index (κ2) is 13.3. The van der Waals surface area contributed by atoms with E-state index in [-0.39, 0.29) is 5.41 Å². The fourth-order valence-corrected chi connectivity index (χ4v) is 10.5. The SMILES string of the molecule is CC1(C)c2c(-c3cccc4ccccc34)cccc2-c2c(N(c3ccc(-c4ccccc4)cc3)c3ccc4c5ccccc5c5ccccc5c4c3)ccc3cccc1c23. The summed E-state index contributed by atoms with van der Waals surface area (Å²) in [5.74, 6) is 0. The fourth-order valence-electron chi connectivity index (χ4n) is 10.5. The van der Waals surface area contributed by atoms with Gasteiger partial charge in [0.05, 0.1) is 5.69 Å². The molecule has 0 saturated carbocycles. The number of rotatable bonds is 5. The Balaban J connectivity index is 1.17. The van der Waals surface area contributed by atoms with E-state index in [1.807, 2.05) is 0 Å². The smallest absolute Gasteiger partial charge is 0.0546 e. The molecule has 0 fully saturated rings. The summed E-state index contributed by atoms with van der Waals surface area (Å²) >= 11 is 0. The first kappa shape index (κ1) is 34.6. The molecule has 0 spiro atoms. The molecule has 0 amide bonds. The summed E-state index contributed by atoms with van der Waals surface area (Å²) in [7, 11) is 0. The van der Waals surface area contributed by atoms with Crippen LogP contribution < -0.4 is 4.90 Å². The van der Waals surface area contributed by atoms with Gasteiger partial charge < -0.3 is 4.90 Å². The lowest BCUT2D eigenvalue weighted by atomic mass is 9.66. The molecule has 0 N–H and O–H groups in total. The summed E-state index contributed by atoms with van der Waals surface area (Å²) in [6.45, 7) is 4.84. The fraction of sp³-hybridized carbons (Fsp3) is 0.0508. The summed E-state index contributed by atoms with van der Waals surface area (Å²) in [5.41, 5.74) is 13.4. The number of anilines is 3. The third-order valence-electron chi connectivity index (χ3n) is 13.2. The van der Waals surface area contributed by atoms with E-state index in [1.54, 1.807) is 0 Å². The van der Waals surface area contributed by atoms with E-state index < -0.39 is 0 Å². The zero-order valence-electron chi connectivity index (χ0n) is 33.7. The van der Waals surface area contributed by atoms with Gasteiger partial charge in [-0.2, -0.15) is 0 Å². The van der Waals surface area contributed by atoms with E-state index in [1.165, 1.54) is 104 Å². The summed E-state index contributed by atoms with van der Waals surface area (Å²) < 4.78 is 0. The van der Waals surface area contributed by atoms with Gasteiger partial charge in [-0.25, -0.2) is 0 Å². The average molecular weight is 764 g/mol. The number of hydrogen-bond acceptors (Lipinski definition) is 1. The predicted octanol–water partition coefficient (Wildman–Crippen LogP) is 16.6. The van der Waals surface area contributed by atoms with Gasteiger partial charge in [0.15, 0.2) is 0 Å². The molecule has 60 heavy (non-hydrogen) atoms. The maximum atomic E-state index is 2.51. The molecule has 12 rings (SSSR count). The van der Waals surface area contributed by atoms with E-state index >= 15 is 0 Å². The van der Waals surface area contributed by atoms with Crippen molar-refractivity contribution >= 4 is 70.9 Å². The summed E-state index contributed by atoms with van der Waals surface area (Å²) in [4.78, 5) is 2.51. The van der Waals surface area contributed by atoms with Crippen molar-refractivity contribution in [2.75, 3.05) is 4.90 Å². The van der Waals surface area contributed by atoms with Crippen molar-refractivity contribution in [1.82, 2.24) is 0 Å². The van der Waals surface area contributed by atoms with Crippen LogP contribution in [0.2, 0.25) is 0 Å². The van der Waals surface area contributed by atoms with Crippen LogP contribution in [0, 0.1) is 0 Å². The van der Waals surface area contributed by atoms with Gasteiger partial charge in [-0.1, -0.05) is 196 Å². The monoisotopic (exact) mass is 763 g/mol. The van der Waals surface area contributed by atoms with E-state index in [2.05, 4.69) is 231 Å². The molecule has 0 saturated heterocycles. The Morgan fingerprint density at radius 2 is 0.883 bits per heavy atom.